The average molecular weight is 358 g/mol. The summed E-state index contributed by atoms with van der Waals surface area (Å²) in [4.78, 5) is 0. The van der Waals surface area contributed by atoms with Crippen LogP contribution in [0.5, 0.6) is 5.75 Å². The Kier molecular flexibility index (Phi) is 5.54. The number of halogens is 3. The smallest absolute Gasteiger partial charge is 0.191 e. The number of rotatable bonds is 3. The van der Waals surface area contributed by atoms with Gasteiger partial charge >= 0.3 is 0 Å². The molecule has 3 N–H and O–H groups in total. The predicted octanol–water partition coefficient (Wildman–Crippen LogP) is 4.16. The fourth-order valence-corrected chi connectivity index (χ4v) is 2.22. The fraction of sp³-hybridized carbons (Fsp3) is 0. The summed E-state index contributed by atoms with van der Waals surface area (Å²) >= 11 is 16.7. The molecule has 4 nitrogen and oxygen atoms in total. The third-order valence-corrected chi connectivity index (χ3v) is 3.23. The van der Waals surface area contributed by atoms with Crippen molar-refractivity contribution in [3.63, 3.8) is 0 Å². The van der Waals surface area contributed by atoms with Crippen LogP contribution in [0.1, 0.15) is 5.56 Å². The van der Waals surface area contributed by atoms with Gasteiger partial charge in [0.15, 0.2) is 5.11 Å². The van der Waals surface area contributed by atoms with Gasteiger partial charge in [-0.25, -0.2) is 4.39 Å². The molecule has 22 heavy (non-hydrogen) atoms. The van der Waals surface area contributed by atoms with Crippen LogP contribution in [-0.4, -0.2) is 16.4 Å². The number of nitrogens with zero attached hydrogens (tertiary/aromatic N) is 1. The number of thiocarbonyl (C=S) groups is 1. The van der Waals surface area contributed by atoms with E-state index in [9.17, 15) is 9.50 Å². The molecule has 0 spiro atoms. The Labute approximate surface area is 141 Å². The first-order chi connectivity index (χ1) is 10.5. The van der Waals surface area contributed by atoms with Crippen molar-refractivity contribution in [3.05, 3.63) is 57.8 Å². The summed E-state index contributed by atoms with van der Waals surface area (Å²) in [6.07, 6.45) is 1.33. The Balaban J connectivity index is 1.97. The van der Waals surface area contributed by atoms with Crippen LogP contribution in [0.2, 0.25) is 10.0 Å². The summed E-state index contributed by atoms with van der Waals surface area (Å²) in [5, 5.41) is 17.1. The third kappa shape index (κ3) is 4.56. The molecular formula is C14H10Cl2FN3OS. The van der Waals surface area contributed by atoms with E-state index in [4.69, 9.17) is 35.4 Å². The zero-order valence-corrected chi connectivity index (χ0v) is 13.3. The van der Waals surface area contributed by atoms with Crippen molar-refractivity contribution in [2.45, 2.75) is 0 Å². The molecular weight excluding hydrogens is 348 g/mol. The number of hydrazone groups is 1. The van der Waals surface area contributed by atoms with E-state index in [2.05, 4.69) is 15.8 Å². The lowest BCUT2D eigenvalue weighted by atomic mass is 10.2. The van der Waals surface area contributed by atoms with Gasteiger partial charge in [0, 0.05) is 16.3 Å². The summed E-state index contributed by atoms with van der Waals surface area (Å²) < 4.78 is 12.8. The number of aromatic hydroxyl groups is 1. The first-order valence-corrected chi connectivity index (χ1v) is 7.16. The maximum Gasteiger partial charge on any atom is 0.191 e. The van der Waals surface area contributed by atoms with Gasteiger partial charge < -0.3 is 10.4 Å². The quantitative estimate of drug-likeness (QED) is 0.438. The highest BCUT2D eigenvalue weighted by Gasteiger charge is 2.05. The Hall–Kier alpha value is -1.89. The summed E-state index contributed by atoms with van der Waals surface area (Å²) in [6, 6.07) is 8.61. The maximum atomic E-state index is 12.8. The van der Waals surface area contributed by atoms with Gasteiger partial charge in [0.25, 0.3) is 0 Å². The molecule has 0 aliphatic heterocycles. The number of phenols is 1. The lowest BCUT2D eigenvalue weighted by Crippen LogP contribution is -2.23. The van der Waals surface area contributed by atoms with Crippen molar-refractivity contribution < 1.29 is 9.50 Å². The van der Waals surface area contributed by atoms with Gasteiger partial charge in [0.1, 0.15) is 11.6 Å². The highest BCUT2D eigenvalue weighted by atomic mass is 35.5. The van der Waals surface area contributed by atoms with E-state index >= 15 is 0 Å². The van der Waals surface area contributed by atoms with E-state index < -0.39 is 0 Å². The van der Waals surface area contributed by atoms with Gasteiger partial charge in [-0.1, -0.05) is 23.2 Å². The van der Waals surface area contributed by atoms with E-state index in [1.165, 1.54) is 42.6 Å². The van der Waals surface area contributed by atoms with Gasteiger partial charge in [-0.05, 0) is 48.6 Å². The second-order valence-corrected chi connectivity index (χ2v) is 5.41. The van der Waals surface area contributed by atoms with Gasteiger partial charge in [0.2, 0.25) is 0 Å². The number of phenolic OH excluding ortho intramolecular Hbond substituents is 1. The van der Waals surface area contributed by atoms with Gasteiger partial charge in [-0.3, -0.25) is 5.43 Å². The Morgan fingerprint density at radius 2 is 1.91 bits per heavy atom. The number of hydrogen-bond acceptors (Lipinski definition) is 3. The summed E-state index contributed by atoms with van der Waals surface area (Å²) in [5.41, 5.74) is 3.51. The normalized spacial score (nSPS) is 10.7. The average Bonchev–Trinajstić information content (AvgIpc) is 2.46. The Morgan fingerprint density at radius 1 is 1.23 bits per heavy atom. The van der Waals surface area contributed by atoms with Crippen LogP contribution in [0, 0.1) is 5.82 Å². The van der Waals surface area contributed by atoms with Crippen molar-refractivity contribution >= 4 is 52.4 Å². The molecule has 0 bridgehead atoms. The lowest BCUT2D eigenvalue weighted by Gasteiger charge is -2.07. The second kappa shape index (κ2) is 7.40. The molecule has 0 saturated carbocycles. The molecule has 0 heterocycles. The minimum atomic E-state index is -0.337. The zero-order chi connectivity index (χ0) is 16.1. The van der Waals surface area contributed by atoms with Crippen LogP contribution in [0.25, 0.3) is 0 Å². The molecule has 2 aromatic carbocycles. The molecule has 0 aliphatic carbocycles. The minimum absolute atomic E-state index is 0.126. The van der Waals surface area contributed by atoms with Crippen molar-refractivity contribution in [2.24, 2.45) is 5.10 Å². The fourth-order valence-electron chi connectivity index (χ4n) is 1.54. The van der Waals surface area contributed by atoms with Gasteiger partial charge in [0.05, 0.1) is 11.2 Å². The van der Waals surface area contributed by atoms with Crippen molar-refractivity contribution in [1.82, 2.24) is 5.43 Å². The first-order valence-electron chi connectivity index (χ1n) is 5.99. The Morgan fingerprint density at radius 3 is 2.59 bits per heavy atom. The van der Waals surface area contributed by atoms with E-state index in [1.807, 2.05) is 0 Å². The molecule has 0 atom stereocenters. The number of benzene rings is 2. The van der Waals surface area contributed by atoms with Crippen LogP contribution in [-0.2, 0) is 0 Å². The van der Waals surface area contributed by atoms with Gasteiger partial charge in [-0.15, -0.1) is 0 Å². The van der Waals surface area contributed by atoms with Crippen LogP contribution in [0.4, 0.5) is 10.1 Å². The molecule has 0 amide bonds. The summed E-state index contributed by atoms with van der Waals surface area (Å²) in [6.45, 7) is 0. The van der Waals surface area contributed by atoms with Crippen LogP contribution < -0.4 is 10.7 Å². The third-order valence-electron chi connectivity index (χ3n) is 2.53. The maximum absolute atomic E-state index is 12.8. The Bertz CT molecular complexity index is 723. The standard InChI is InChI=1S/C14H10Cl2FN3OS/c15-9-5-8(13(21)12(16)6-9)7-18-20-14(22)19-11-3-1-10(17)2-4-11/h1-7,21H,(H2,19,20,22)/b18-7-. The highest BCUT2D eigenvalue weighted by Crippen LogP contribution is 2.29. The highest BCUT2D eigenvalue weighted by molar-refractivity contribution is 7.80. The summed E-state index contributed by atoms with van der Waals surface area (Å²) in [7, 11) is 0. The molecule has 0 aromatic heterocycles. The number of hydrogen-bond donors (Lipinski definition) is 3. The lowest BCUT2D eigenvalue weighted by molar-refractivity contribution is 0.474. The van der Waals surface area contributed by atoms with Crippen molar-refractivity contribution in [1.29, 1.82) is 0 Å². The molecule has 8 heteroatoms. The van der Waals surface area contributed by atoms with Crippen molar-refractivity contribution in [2.75, 3.05) is 5.32 Å². The number of nitrogens with one attached hydrogen (secondary N) is 2. The molecule has 0 aliphatic rings. The van der Waals surface area contributed by atoms with Crippen LogP contribution in [0.15, 0.2) is 41.5 Å². The zero-order valence-electron chi connectivity index (χ0n) is 11.0. The largest absolute Gasteiger partial charge is 0.506 e. The van der Waals surface area contributed by atoms with Crippen LogP contribution >= 0.6 is 35.4 Å². The monoisotopic (exact) mass is 357 g/mol. The SMILES string of the molecule is Oc1c(Cl)cc(Cl)cc1/C=N\NC(=S)Nc1ccc(F)cc1. The van der Waals surface area contributed by atoms with Crippen LogP contribution in [0.3, 0.4) is 0 Å². The van der Waals surface area contributed by atoms with E-state index in [0.29, 0.717) is 16.3 Å². The van der Waals surface area contributed by atoms with Gasteiger partial charge in [-0.2, -0.15) is 5.10 Å². The van der Waals surface area contributed by atoms with E-state index in [-0.39, 0.29) is 21.7 Å². The molecule has 2 rings (SSSR count). The predicted molar refractivity (Wildman–Crippen MR) is 91.5 cm³/mol. The molecule has 0 saturated heterocycles. The minimum Gasteiger partial charge on any atom is -0.506 e. The molecule has 2 aromatic rings. The van der Waals surface area contributed by atoms with E-state index in [0.717, 1.165) is 0 Å². The molecule has 114 valence electrons. The molecule has 0 fully saturated rings. The molecule has 0 unspecified atom stereocenters. The summed E-state index contributed by atoms with van der Waals surface area (Å²) in [5.74, 6) is -0.468. The second-order valence-electron chi connectivity index (χ2n) is 4.16. The van der Waals surface area contributed by atoms with E-state index in [1.54, 1.807) is 0 Å². The topological polar surface area (TPSA) is 56.7 Å². The van der Waals surface area contributed by atoms with Crippen molar-refractivity contribution in [3.8, 4) is 5.75 Å². The number of anilines is 1. The first kappa shape index (κ1) is 16.5. The molecule has 0 radical (unpaired) electrons.